The molecule has 1 unspecified atom stereocenters. The lowest BCUT2D eigenvalue weighted by Gasteiger charge is -2.13. The van der Waals surface area contributed by atoms with E-state index >= 15 is 0 Å². The van der Waals surface area contributed by atoms with E-state index in [2.05, 4.69) is 35.8 Å². The minimum Gasteiger partial charge on any atom is -0.489 e. The Morgan fingerprint density at radius 1 is 1.24 bits per heavy atom. The Morgan fingerprint density at radius 2 is 2.12 bits per heavy atom. The molecule has 1 fully saturated rings. The smallest absolute Gasteiger partial charge is 0.225 e. The van der Waals surface area contributed by atoms with Crippen LogP contribution in [0.4, 0.5) is 5.69 Å². The van der Waals surface area contributed by atoms with Gasteiger partial charge in [-0.05, 0) is 62.6 Å². The van der Waals surface area contributed by atoms with E-state index in [-0.39, 0.29) is 5.91 Å². The van der Waals surface area contributed by atoms with Gasteiger partial charge >= 0.3 is 0 Å². The standard InChI is InChI=1S/C21H26N2O2/c1-15-5-3-6-17(11-15)14-25-19-8-9-20(16(2)12-19)23-21(24)13-18-7-4-10-22-18/h3,5-6,8-9,11-12,18,22H,4,7,10,13-14H2,1-2H3,(H,23,24). The highest BCUT2D eigenvalue weighted by Gasteiger charge is 2.18. The highest BCUT2D eigenvalue weighted by atomic mass is 16.5. The molecule has 132 valence electrons. The minimum atomic E-state index is 0.0657. The van der Waals surface area contributed by atoms with Gasteiger partial charge in [-0.15, -0.1) is 0 Å². The zero-order valence-electron chi connectivity index (χ0n) is 15.0. The average Bonchev–Trinajstić information content (AvgIpc) is 3.08. The number of hydrogen-bond donors (Lipinski definition) is 2. The summed E-state index contributed by atoms with van der Waals surface area (Å²) < 4.78 is 5.87. The van der Waals surface area contributed by atoms with Gasteiger partial charge in [-0.25, -0.2) is 0 Å². The summed E-state index contributed by atoms with van der Waals surface area (Å²) >= 11 is 0. The second-order valence-corrected chi connectivity index (χ2v) is 6.80. The quantitative estimate of drug-likeness (QED) is 0.838. The average molecular weight is 338 g/mol. The maximum atomic E-state index is 12.2. The first-order valence-electron chi connectivity index (χ1n) is 8.92. The van der Waals surface area contributed by atoms with Gasteiger partial charge in [-0.2, -0.15) is 0 Å². The van der Waals surface area contributed by atoms with E-state index < -0.39 is 0 Å². The van der Waals surface area contributed by atoms with Crippen LogP contribution in [0.5, 0.6) is 5.75 Å². The van der Waals surface area contributed by atoms with Gasteiger partial charge in [0.2, 0.25) is 5.91 Å². The number of amides is 1. The normalized spacial score (nSPS) is 16.6. The molecule has 1 amide bonds. The minimum absolute atomic E-state index is 0.0657. The number of benzene rings is 2. The van der Waals surface area contributed by atoms with Crippen molar-refractivity contribution >= 4 is 11.6 Å². The predicted octanol–water partition coefficient (Wildman–Crippen LogP) is 3.96. The summed E-state index contributed by atoms with van der Waals surface area (Å²) in [6, 6.07) is 14.4. The van der Waals surface area contributed by atoms with E-state index in [1.807, 2.05) is 31.2 Å². The van der Waals surface area contributed by atoms with Crippen LogP contribution < -0.4 is 15.4 Å². The third-order valence-corrected chi connectivity index (χ3v) is 4.55. The van der Waals surface area contributed by atoms with Crippen molar-refractivity contribution in [3.05, 3.63) is 59.2 Å². The van der Waals surface area contributed by atoms with Crippen LogP contribution >= 0.6 is 0 Å². The molecule has 2 N–H and O–H groups in total. The van der Waals surface area contributed by atoms with E-state index in [0.717, 1.165) is 42.0 Å². The van der Waals surface area contributed by atoms with E-state index in [1.54, 1.807) is 0 Å². The van der Waals surface area contributed by atoms with Crippen molar-refractivity contribution in [2.75, 3.05) is 11.9 Å². The molecule has 0 saturated carbocycles. The fraction of sp³-hybridized carbons (Fsp3) is 0.381. The molecule has 1 atom stereocenters. The summed E-state index contributed by atoms with van der Waals surface area (Å²) in [5.41, 5.74) is 4.24. The van der Waals surface area contributed by atoms with Gasteiger partial charge in [0, 0.05) is 18.2 Å². The SMILES string of the molecule is Cc1cccc(COc2ccc(NC(=O)CC3CCCN3)c(C)c2)c1. The number of aryl methyl sites for hydroxylation is 2. The van der Waals surface area contributed by atoms with Crippen molar-refractivity contribution in [2.45, 2.75) is 45.8 Å². The molecule has 2 aromatic rings. The number of ether oxygens (including phenoxy) is 1. The fourth-order valence-corrected chi connectivity index (χ4v) is 3.19. The van der Waals surface area contributed by atoms with Crippen molar-refractivity contribution in [3.63, 3.8) is 0 Å². The molecule has 1 aliphatic heterocycles. The second kappa shape index (κ2) is 8.17. The molecule has 4 nitrogen and oxygen atoms in total. The number of carbonyl (C=O) groups excluding carboxylic acids is 1. The molecule has 2 aromatic carbocycles. The van der Waals surface area contributed by atoms with Gasteiger partial charge in [0.15, 0.2) is 0 Å². The number of hydrogen-bond acceptors (Lipinski definition) is 3. The van der Waals surface area contributed by atoms with Crippen molar-refractivity contribution in [1.82, 2.24) is 5.32 Å². The molecule has 4 heteroatoms. The van der Waals surface area contributed by atoms with E-state index in [9.17, 15) is 4.79 Å². The van der Waals surface area contributed by atoms with Crippen molar-refractivity contribution in [2.24, 2.45) is 0 Å². The zero-order valence-corrected chi connectivity index (χ0v) is 15.0. The Bertz CT molecular complexity index is 736. The number of anilines is 1. The third-order valence-electron chi connectivity index (χ3n) is 4.55. The molecule has 0 aromatic heterocycles. The molecule has 1 aliphatic rings. The van der Waals surface area contributed by atoms with Crippen LogP contribution in [-0.4, -0.2) is 18.5 Å². The predicted molar refractivity (Wildman–Crippen MR) is 101 cm³/mol. The maximum absolute atomic E-state index is 12.2. The van der Waals surface area contributed by atoms with Crippen LogP contribution in [0.15, 0.2) is 42.5 Å². The van der Waals surface area contributed by atoms with E-state index in [4.69, 9.17) is 4.74 Å². The fourth-order valence-electron chi connectivity index (χ4n) is 3.19. The molecular weight excluding hydrogens is 312 g/mol. The van der Waals surface area contributed by atoms with Crippen LogP contribution in [0.3, 0.4) is 0 Å². The van der Waals surface area contributed by atoms with E-state index in [0.29, 0.717) is 19.1 Å². The van der Waals surface area contributed by atoms with Crippen LogP contribution in [0.25, 0.3) is 0 Å². The highest BCUT2D eigenvalue weighted by molar-refractivity contribution is 5.92. The first-order chi connectivity index (χ1) is 12.1. The summed E-state index contributed by atoms with van der Waals surface area (Å²) in [4.78, 5) is 12.2. The molecule has 0 spiro atoms. The molecule has 25 heavy (non-hydrogen) atoms. The Labute approximate surface area is 149 Å². The monoisotopic (exact) mass is 338 g/mol. The van der Waals surface area contributed by atoms with Gasteiger partial charge in [0.1, 0.15) is 12.4 Å². The molecule has 3 rings (SSSR count). The number of nitrogens with one attached hydrogen (secondary N) is 2. The van der Waals surface area contributed by atoms with Crippen LogP contribution in [0.1, 0.15) is 36.0 Å². The molecular formula is C21H26N2O2. The molecule has 0 aliphatic carbocycles. The second-order valence-electron chi connectivity index (χ2n) is 6.80. The Morgan fingerprint density at radius 3 is 2.84 bits per heavy atom. The molecule has 0 bridgehead atoms. The first kappa shape index (κ1) is 17.5. The zero-order chi connectivity index (χ0) is 17.6. The molecule has 1 saturated heterocycles. The largest absolute Gasteiger partial charge is 0.489 e. The van der Waals surface area contributed by atoms with Crippen LogP contribution in [0.2, 0.25) is 0 Å². The molecule has 1 heterocycles. The Kier molecular flexibility index (Phi) is 5.71. The maximum Gasteiger partial charge on any atom is 0.225 e. The Balaban J connectivity index is 1.55. The number of rotatable bonds is 6. The van der Waals surface area contributed by atoms with E-state index in [1.165, 1.54) is 5.56 Å². The van der Waals surface area contributed by atoms with Gasteiger partial charge in [-0.1, -0.05) is 29.8 Å². The van der Waals surface area contributed by atoms with Crippen LogP contribution in [-0.2, 0) is 11.4 Å². The lowest BCUT2D eigenvalue weighted by molar-refractivity contribution is -0.116. The van der Waals surface area contributed by atoms with Gasteiger partial charge in [0.05, 0.1) is 0 Å². The summed E-state index contributed by atoms with van der Waals surface area (Å²) in [7, 11) is 0. The van der Waals surface area contributed by atoms with Gasteiger partial charge in [-0.3, -0.25) is 4.79 Å². The lowest BCUT2D eigenvalue weighted by atomic mass is 10.1. The molecule has 0 radical (unpaired) electrons. The lowest BCUT2D eigenvalue weighted by Crippen LogP contribution is -2.27. The summed E-state index contributed by atoms with van der Waals surface area (Å²) in [6.07, 6.45) is 2.77. The van der Waals surface area contributed by atoms with Crippen molar-refractivity contribution in [1.29, 1.82) is 0 Å². The Hall–Kier alpha value is -2.33. The van der Waals surface area contributed by atoms with Crippen molar-refractivity contribution < 1.29 is 9.53 Å². The summed E-state index contributed by atoms with van der Waals surface area (Å²) in [5.74, 6) is 0.880. The third kappa shape index (κ3) is 5.07. The van der Waals surface area contributed by atoms with Crippen molar-refractivity contribution in [3.8, 4) is 5.75 Å². The summed E-state index contributed by atoms with van der Waals surface area (Å²) in [6.45, 7) is 5.62. The first-order valence-corrected chi connectivity index (χ1v) is 8.92. The van der Waals surface area contributed by atoms with Gasteiger partial charge in [0.25, 0.3) is 0 Å². The summed E-state index contributed by atoms with van der Waals surface area (Å²) in [5, 5.41) is 6.36. The highest BCUT2D eigenvalue weighted by Crippen LogP contribution is 2.23. The topological polar surface area (TPSA) is 50.4 Å². The van der Waals surface area contributed by atoms with Crippen LogP contribution in [0, 0.1) is 13.8 Å². The number of carbonyl (C=O) groups is 1. The van der Waals surface area contributed by atoms with Gasteiger partial charge < -0.3 is 15.4 Å².